The van der Waals surface area contributed by atoms with Crippen molar-refractivity contribution in [3.05, 3.63) is 76.6 Å². The fourth-order valence-corrected chi connectivity index (χ4v) is 3.98. The molecule has 0 spiro atoms. The lowest BCUT2D eigenvalue weighted by molar-refractivity contribution is -0.174. The van der Waals surface area contributed by atoms with E-state index < -0.39 is 48.0 Å². The number of carbonyl (C=O) groups excluding carboxylic acids is 3. The van der Waals surface area contributed by atoms with Gasteiger partial charge in [-0.15, -0.1) is 0 Å². The second-order valence-corrected chi connectivity index (χ2v) is 9.46. The average molecular weight is 590 g/mol. The first-order valence-electron chi connectivity index (χ1n) is 12.7. The zero-order valence-corrected chi connectivity index (χ0v) is 23.3. The Morgan fingerprint density at radius 2 is 1.55 bits per heavy atom. The second-order valence-electron chi connectivity index (χ2n) is 9.46. The monoisotopic (exact) mass is 589 g/mol. The summed E-state index contributed by atoms with van der Waals surface area (Å²) in [6.45, 7) is 1.84. The first kappa shape index (κ1) is 31.7. The van der Waals surface area contributed by atoms with E-state index in [2.05, 4.69) is 10.6 Å². The van der Waals surface area contributed by atoms with Gasteiger partial charge in [0, 0.05) is 11.6 Å². The Balaban J connectivity index is 1.98. The van der Waals surface area contributed by atoms with E-state index in [9.17, 15) is 32.3 Å². The molecule has 0 bridgehead atoms. The Hall–Kier alpha value is -4.81. The van der Waals surface area contributed by atoms with Gasteiger partial charge in [-0.05, 0) is 35.7 Å². The average Bonchev–Trinajstić information content (AvgIpc) is 2.96. The normalized spacial score (nSPS) is 11.9. The number of pyridine rings is 1. The summed E-state index contributed by atoms with van der Waals surface area (Å²) in [6, 6.07) is 14.3. The van der Waals surface area contributed by atoms with Gasteiger partial charge in [-0.2, -0.15) is 13.2 Å². The van der Waals surface area contributed by atoms with E-state index >= 15 is 0 Å². The van der Waals surface area contributed by atoms with Crippen LogP contribution in [0, 0.1) is 5.92 Å². The molecule has 0 saturated carbocycles. The Bertz CT molecular complexity index is 1470. The molecule has 1 aromatic heterocycles. The summed E-state index contributed by atoms with van der Waals surface area (Å²) < 4.78 is 56.1. The van der Waals surface area contributed by atoms with E-state index in [-0.39, 0.29) is 18.0 Å². The molecular weight excluding hydrogens is 559 g/mol. The van der Waals surface area contributed by atoms with Gasteiger partial charge in [-0.3, -0.25) is 24.3 Å². The van der Waals surface area contributed by atoms with Crippen LogP contribution in [0.15, 0.2) is 65.5 Å². The molecule has 0 saturated heterocycles. The molecule has 0 aliphatic rings. The minimum Gasteiger partial charge on any atom is -0.497 e. The van der Waals surface area contributed by atoms with Gasteiger partial charge in [0.05, 0.1) is 26.0 Å². The second kappa shape index (κ2) is 13.7. The van der Waals surface area contributed by atoms with Crippen molar-refractivity contribution in [1.29, 1.82) is 0 Å². The summed E-state index contributed by atoms with van der Waals surface area (Å²) in [7, 11) is 2.83. The van der Waals surface area contributed by atoms with Gasteiger partial charge in [0.25, 0.3) is 11.3 Å². The van der Waals surface area contributed by atoms with Crippen LogP contribution in [-0.2, 0) is 27.5 Å². The van der Waals surface area contributed by atoms with Crippen LogP contribution in [0.5, 0.6) is 11.5 Å². The molecule has 2 amide bonds. The molecule has 10 nitrogen and oxygen atoms in total. The van der Waals surface area contributed by atoms with E-state index in [1.807, 2.05) is 0 Å². The molecule has 0 fully saturated rings. The minimum atomic E-state index is -5.18. The smallest absolute Gasteiger partial charge is 0.452 e. The van der Waals surface area contributed by atoms with Crippen LogP contribution in [0.4, 0.5) is 23.7 Å². The number of amides is 2. The fourth-order valence-electron chi connectivity index (χ4n) is 3.98. The van der Waals surface area contributed by atoms with E-state index in [1.165, 1.54) is 40.2 Å². The number of carbonyl (C=O) groups is 3. The van der Waals surface area contributed by atoms with Gasteiger partial charge in [0.2, 0.25) is 5.91 Å². The Morgan fingerprint density at radius 1 is 0.929 bits per heavy atom. The van der Waals surface area contributed by atoms with Gasteiger partial charge in [-0.25, -0.2) is 4.79 Å². The number of alkyl halides is 3. The fraction of sp³-hybridized carbons (Fsp3) is 0.310. The molecule has 0 aliphatic carbocycles. The number of hydrogen-bond acceptors (Lipinski definition) is 7. The van der Waals surface area contributed by atoms with E-state index in [0.717, 1.165) is 4.57 Å². The number of hydrogen-bond donors (Lipinski definition) is 2. The number of nitrogens with zero attached hydrogens (tertiary/aromatic N) is 1. The van der Waals surface area contributed by atoms with Crippen LogP contribution in [0.25, 0.3) is 11.3 Å². The van der Waals surface area contributed by atoms with Crippen molar-refractivity contribution in [3.63, 3.8) is 0 Å². The van der Waals surface area contributed by atoms with E-state index in [0.29, 0.717) is 22.6 Å². The van der Waals surface area contributed by atoms with Crippen LogP contribution < -0.4 is 25.7 Å². The van der Waals surface area contributed by atoms with Gasteiger partial charge < -0.3 is 19.5 Å². The highest BCUT2D eigenvalue weighted by Crippen LogP contribution is 2.30. The lowest BCUT2D eigenvalue weighted by Crippen LogP contribution is -2.50. The summed E-state index contributed by atoms with van der Waals surface area (Å²) in [6.07, 6.45) is -6.12. The Morgan fingerprint density at radius 3 is 2.10 bits per heavy atom. The largest absolute Gasteiger partial charge is 0.497 e. The van der Waals surface area contributed by atoms with Crippen molar-refractivity contribution in [1.82, 2.24) is 9.88 Å². The standard InChI is InChI=1S/C29H30F3N3O7/c1-17(2)25(26(37)29(30,31)32)34-24(36)15-35-23(19-12-20(40-3)14-21(13-19)41-4)11-10-22(27(35)38)33-28(39)42-16-18-8-6-5-7-9-18/h5-14,17,25H,15-16H2,1-4H3,(H,33,39)(H,34,36). The summed E-state index contributed by atoms with van der Waals surface area (Å²) >= 11 is 0. The van der Waals surface area contributed by atoms with Crippen LogP contribution in [0.2, 0.25) is 0 Å². The number of benzene rings is 2. The maximum absolute atomic E-state index is 13.5. The quantitative estimate of drug-likeness (QED) is 0.336. The predicted molar refractivity (Wildman–Crippen MR) is 147 cm³/mol. The highest BCUT2D eigenvalue weighted by atomic mass is 19.4. The van der Waals surface area contributed by atoms with Gasteiger partial charge in [-0.1, -0.05) is 44.2 Å². The van der Waals surface area contributed by atoms with Crippen LogP contribution >= 0.6 is 0 Å². The summed E-state index contributed by atoms with van der Waals surface area (Å²) in [4.78, 5) is 50.9. The number of rotatable bonds is 11. The summed E-state index contributed by atoms with van der Waals surface area (Å²) in [5, 5.41) is 4.43. The van der Waals surface area contributed by atoms with Crippen LogP contribution in [0.3, 0.4) is 0 Å². The molecule has 1 atom stereocenters. The molecule has 1 unspecified atom stereocenters. The summed E-state index contributed by atoms with van der Waals surface area (Å²) in [5.41, 5.74) is 0.104. The first-order valence-corrected chi connectivity index (χ1v) is 12.7. The van der Waals surface area contributed by atoms with Gasteiger partial charge in [0.15, 0.2) is 0 Å². The van der Waals surface area contributed by atoms with E-state index in [1.54, 1.807) is 48.5 Å². The number of halogens is 3. The minimum absolute atomic E-state index is 0.0746. The molecule has 1 heterocycles. The van der Waals surface area contributed by atoms with Crippen molar-refractivity contribution in [2.45, 2.75) is 39.2 Å². The Kier molecular flexibility index (Phi) is 10.3. The number of nitrogens with one attached hydrogen (secondary N) is 2. The van der Waals surface area contributed by atoms with Gasteiger partial charge in [0.1, 0.15) is 30.3 Å². The number of ketones is 1. The molecule has 0 aliphatic heterocycles. The highest BCUT2D eigenvalue weighted by Gasteiger charge is 2.45. The maximum atomic E-state index is 13.5. The topological polar surface area (TPSA) is 125 Å². The number of Topliss-reactive ketones (excluding diaryl/α,β-unsaturated/α-hetero) is 1. The molecule has 2 N–H and O–H groups in total. The van der Waals surface area contributed by atoms with Gasteiger partial charge >= 0.3 is 12.3 Å². The van der Waals surface area contributed by atoms with Crippen LogP contribution in [0.1, 0.15) is 19.4 Å². The first-order chi connectivity index (χ1) is 19.8. The van der Waals surface area contributed by atoms with Crippen molar-refractivity contribution in [3.8, 4) is 22.8 Å². The molecule has 0 radical (unpaired) electrons. The number of aromatic nitrogens is 1. The summed E-state index contributed by atoms with van der Waals surface area (Å²) in [5.74, 6) is -3.33. The van der Waals surface area contributed by atoms with Crippen molar-refractivity contribution < 1.29 is 41.8 Å². The highest BCUT2D eigenvalue weighted by molar-refractivity contribution is 5.93. The number of ether oxygens (including phenoxy) is 3. The molecule has 2 aromatic carbocycles. The molecule has 224 valence electrons. The third-order valence-electron chi connectivity index (χ3n) is 6.12. The third kappa shape index (κ3) is 8.12. The molecule has 42 heavy (non-hydrogen) atoms. The Labute approximate surface area is 239 Å². The zero-order valence-electron chi connectivity index (χ0n) is 23.3. The van der Waals surface area contributed by atoms with Crippen molar-refractivity contribution >= 4 is 23.5 Å². The van der Waals surface area contributed by atoms with Crippen molar-refractivity contribution in [2.75, 3.05) is 19.5 Å². The lowest BCUT2D eigenvalue weighted by atomic mass is 9.99. The van der Waals surface area contributed by atoms with Crippen LogP contribution in [-0.4, -0.2) is 48.8 Å². The molecular formula is C29H30F3N3O7. The lowest BCUT2D eigenvalue weighted by Gasteiger charge is -2.23. The molecule has 3 aromatic rings. The zero-order chi connectivity index (χ0) is 31.0. The molecule has 3 rings (SSSR count). The third-order valence-corrected chi connectivity index (χ3v) is 6.12. The maximum Gasteiger partial charge on any atom is 0.452 e. The van der Waals surface area contributed by atoms with Crippen molar-refractivity contribution in [2.24, 2.45) is 5.92 Å². The number of anilines is 1. The van der Waals surface area contributed by atoms with E-state index in [4.69, 9.17) is 14.2 Å². The SMILES string of the molecule is COc1cc(OC)cc(-c2ccc(NC(=O)OCc3ccccc3)c(=O)n2CC(=O)NC(C(=O)C(F)(F)F)C(C)C)c1. The number of methoxy groups -OCH3 is 2. The molecule has 13 heteroatoms. The predicted octanol–water partition coefficient (Wildman–Crippen LogP) is 4.55.